The van der Waals surface area contributed by atoms with Gasteiger partial charge in [0.2, 0.25) is 0 Å². The van der Waals surface area contributed by atoms with Crippen molar-refractivity contribution in [2.24, 2.45) is 0 Å². The monoisotopic (exact) mass is 353 g/mol. The van der Waals surface area contributed by atoms with Crippen LogP contribution in [0.15, 0.2) is 52.2 Å². The van der Waals surface area contributed by atoms with E-state index in [9.17, 15) is 9.59 Å². The molecule has 3 aromatic heterocycles. The van der Waals surface area contributed by atoms with Crippen molar-refractivity contribution < 1.29 is 4.79 Å². The first-order valence-corrected chi connectivity index (χ1v) is 8.91. The summed E-state index contributed by atoms with van der Waals surface area (Å²) in [6.45, 7) is 3.57. The minimum Gasteiger partial charge on any atom is -0.345 e. The normalized spacial score (nSPS) is 11.9. The number of rotatable bonds is 5. The van der Waals surface area contributed by atoms with Gasteiger partial charge in [-0.05, 0) is 65.9 Å². The molecule has 1 atom stereocenters. The van der Waals surface area contributed by atoms with Crippen LogP contribution in [0.25, 0.3) is 0 Å². The van der Waals surface area contributed by atoms with Crippen LogP contribution in [0.2, 0.25) is 0 Å². The van der Waals surface area contributed by atoms with Gasteiger partial charge in [0.25, 0.3) is 11.5 Å². The molecule has 1 amide bonds. The maximum atomic E-state index is 12.8. The predicted molar refractivity (Wildman–Crippen MR) is 99.0 cm³/mol. The number of amides is 1. The Bertz CT molecular complexity index is 918. The molecule has 25 heavy (non-hydrogen) atoms. The minimum absolute atomic E-state index is 0.157. The highest BCUT2D eigenvalue weighted by molar-refractivity contribution is 7.07. The number of pyridine rings is 2. The standard InChI is InChI=1S/C19H19N3O2S/c1-12-8-13(2)21-18(23)17(12)19(24)22-16(9-14-5-7-25-11-14)15-4-3-6-20-10-15/h3-8,10-11,16H,9H2,1-2H3,(H,21,23)(H,22,24)/t16-/m0/s1. The Morgan fingerprint density at radius 1 is 1.36 bits per heavy atom. The SMILES string of the molecule is Cc1cc(C)c(C(=O)N[C@@H](Cc2ccsc2)c2cccnc2)c(=O)[nH]1. The molecule has 0 aliphatic heterocycles. The van der Waals surface area contributed by atoms with E-state index >= 15 is 0 Å². The van der Waals surface area contributed by atoms with Gasteiger partial charge in [0.1, 0.15) is 5.56 Å². The Hall–Kier alpha value is -2.73. The maximum Gasteiger partial charge on any atom is 0.261 e. The quantitative estimate of drug-likeness (QED) is 0.740. The first-order chi connectivity index (χ1) is 12.0. The largest absolute Gasteiger partial charge is 0.345 e. The lowest BCUT2D eigenvalue weighted by atomic mass is 10.0. The van der Waals surface area contributed by atoms with E-state index in [4.69, 9.17) is 0 Å². The summed E-state index contributed by atoms with van der Waals surface area (Å²) in [6.07, 6.45) is 4.08. The number of hydrogen-bond acceptors (Lipinski definition) is 4. The Balaban J connectivity index is 1.90. The van der Waals surface area contributed by atoms with E-state index in [-0.39, 0.29) is 23.1 Å². The van der Waals surface area contributed by atoms with Crippen LogP contribution in [-0.2, 0) is 6.42 Å². The van der Waals surface area contributed by atoms with Gasteiger partial charge in [0.05, 0.1) is 6.04 Å². The Morgan fingerprint density at radius 3 is 2.84 bits per heavy atom. The number of thiophene rings is 1. The second-order valence-corrected chi connectivity index (χ2v) is 6.77. The zero-order valence-electron chi connectivity index (χ0n) is 14.1. The van der Waals surface area contributed by atoms with Crippen molar-refractivity contribution in [3.05, 3.63) is 85.7 Å². The zero-order valence-corrected chi connectivity index (χ0v) is 14.9. The summed E-state index contributed by atoms with van der Waals surface area (Å²) >= 11 is 1.62. The van der Waals surface area contributed by atoms with Crippen molar-refractivity contribution >= 4 is 17.2 Å². The third-order valence-electron chi connectivity index (χ3n) is 4.00. The molecule has 5 nitrogen and oxygen atoms in total. The van der Waals surface area contributed by atoms with Crippen molar-refractivity contribution in [1.29, 1.82) is 0 Å². The summed E-state index contributed by atoms with van der Waals surface area (Å²) in [5, 5.41) is 7.06. The molecule has 0 fully saturated rings. The molecule has 0 aliphatic carbocycles. The maximum absolute atomic E-state index is 12.8. The van der Waals surface area contributed by atoms with Crippen LogP contribution in [-0.4, -0.2) is 15.9 Å². The van der Waals surface area contributed by atoms with Crippen LogP contribution < -0.4 is 10.9 Å². The molecule has 3 aromatic rings. The number of H-pyrrole nitrogens is 1. The highest BCUT2D eigenvalue weighted by atomic mass is 32.1. The van der Waals surface area contributed by atoms with Gasteiger partial charge in [-0.2, -0.15) is 11.3 Å². The average molecular weight is 353 g/mol. The molecule has 2 N–H and O–H groups in total. The molecule has 0 radical (unpaired) electrons. The van der Waals surface area contributed by atoms with Gasteiger partial charge in [0, 0.05) is 18.1 Å². The summed E-state index contributed by atoms with van der Waals surface area (Å²) in [4.78, 5) is 31.8. The molecule has 0 aliphatic rings. The third kappa shape index (κ3) is 4.03. The molecule has 128 valence electrons. The van der Waals surface area contributed by atoms with Gasteiger partial charge in [-0.15, -0.1) is 0 Å². The molecule has 6 heteroatoms. The van der Waals surface area contributed by atoms with E-state index in [0.29, 0.717) is 12.0 Å². The van der Waals surface area contributed by atoms with Gasteiger partial charge in [0.15, 0.2) is 0 Å². The van der Waals surface area contributed by atoms with E-state index in [0.717, 1.165) is 16.8 Å². The van der Waals surface area contributed by atoms with Crippen LogP contribution >= 0.6 is 11.3 Å². The van der Waals surface area contributed by atoms with E-state index in [2.05, 4.69) is 20.7 Å². The van der Waals surface area contributed by atoms with Crippen LogP contribution in [0.5, 0.6) is 0 Å². The molecule has 0 unspecified atom stereocenters. The third-order valence-corrected chi connectivity index (χ3v) is 4.74. The number of nitrogens with zero attached hydrogens (tertiary/aromatic N) is 1. The van der Waals surface area contributed by atoms with Crippen molar-refractivity contribution in [3.8, 4) is 0 Å². The van der Waals surface area contributed by atoms with Crippen molar-refractivity contribution in [3.63, 3.8) is 0 Å². The lowest BCUT2D eigenvalue weighted by Gasteiger charge is -2.19. The van der Waals surface area contributed by atoms with E-state index in [1.165, 1.54) is 0 Å². The highest BCUT2D eigenvalue weighted by Crippen LogP contribution is 2.20. The lowest BCUT2D eigenvalue weighted by molar-refractivity contribution is 0.0934. The smallest absolute Gasteiger partial charge is 0.261 e. The molecule has 0 bridgehead atoms. The topological polar surface area (TPSA) is 74.8 Å². The molecular weight excluding hydrogens is 334 g/mol. The number of nitrogens with one attached hydrogen (secondary N) is 2. The van der Waals surface area contributed by atoms with E-state index in [1.54, 1.807) is 43.6 Å². The number of hydrogen-bond donors (Lipinski definition) is 2. The van der Waals surface area contributed by atoms with Crippen LogP contribution in [0.1, 0.15) is 38.8 Å². The molecule has 0 saturated heterocycles. The Kier molecular flexibility index (Phi) is 5.09. The minimum atomic E-state index is -0.372. The number of aromatic amines is 1. The van der Waals surface area contributed by atoms with Crippen molar-refractivity contribution in [1.82, 2.24) is 15.3 Å². The zero-order chi connectivity index (χ0) is 17.8. The van der Waals surface area contributed by atoms with E-state index < -0.39 is 0 Å². The molecule has 3 heterocycles. The number of aryl methyl sites for hydroxylation is 2. The lowest BCUT2D eigenvalue weighted by Crippen LogP contribution is -2.34. The molecular formula is C19H19N3O2S. The van der Waals surface area contributed by atoms with Gasteiger partial charge < -0.3 is 10.3 Å². The fourth-order valence-corrected chi connectivity index (χ4v) is 3.53. The fraction of sp³-hybridized carbons (Fsp3) is 0.211. The predicted octanol–water partition coefficient (Wildman–Crippen LogP) is 3.16. The summed E-state index contributed by atoms with van der Waals surface area (Å²) in [7, 11) is 0. The van der Waals surface area contributed by atoms with Gasteiger partial charge in [-0.25, -0.2) is 0 Å². The Labute approximate surface area is 149 Å². The number of carbonyl (C=O) groups is 1. The first kappa shape index (κ1) is 17.1. The molecule has 0 spiro atoms. The first-order valence-electron chi connectivity index (χ1n) is 7.97. The van der Waals surface area contributed by atoms with Crippen LogP contribution in [0.4, 0.5) is 0 Å². The Morgan fingerprint density at radius 2 is 2.20 bits per heavy atom. The van der Waals surface area contributed by atoms with Crippen molar-refractivity contribution in [2.75, 3.05) is 0 Å². The summed E-state index contributed by atoms with van der Waals surface area (Å²) in [5.41, 5.74) is 3.23. The highest BCUT2D eigenvalue weighted by Gasteiger charge is 2.20. The number of aromatic nitrogens is 2. The van der Waals surface area contributed by atoms with Crippen LogP contribution in [0.3, 0.4) is 0 Å². The van der Waals surface area contributed by atoms with Gasteiger partial charge in [-0.3, -0.25) is 14.6 Å². The average Bonchev–Trinajstić information content (AvgIpc) is 3.07. The second kappa shape index (κ2) is 7.44. The van der Waals surface area contributed by atoms with Gasteiger partial charge >= 0.3 is 0 Å². The fourth-order valence-electron chi connectivity index (χ4n) is 2.85. The van der Waals surface area contributed by atoms with Crippen LogP contribution in [0, 0.1) is 13.8 Å². The number of carbonyl (C=O) groups excluding carboxylic acids is 1. The van der Waals surface area contributed by atoms with Crippen molar-refractivity contribution in [2.45, 2.75) is 26.3 Å². The summed E-state index contributed by atoms with van der Waals surface area (Å²) in [6, 6.07) is 7.34. The van der Waals surface area contributed by atoms with E-state index in [1.807, 2.05) is 23.6 Å². The second-order valence-electron chi connectivity index (χ2n) is 5.99. The summed E-state index contributed by atoms with van der Waals surface area (Å²) < 4.78 is 0. The molecule has 3 rings (SSSR count). The van der Waals surface area contributed by atoms with Gasteiger partial charge in [-0.1, -0.05) is 6.07 Å². The molecule has 0 saturated carbocycles. The summed E-state index contributed by atoms with van der Waals surface area (Å²) in [5.74, 6) is -0.372. The molecule has 0 aromatic carbocycles.